The first kappa shape index (κ1) is 16.1. The molecule has 1 aromatic rings. The highest BCUT2D eigenvalue weighted by molar-refractivity contribution is 6.31. The van der Waals surface area contributed by atoms with Gasteiger partial charge < -0.3 is 15.4 Å². The van der Waals surface area contributed by atoms with Gasteiger partial charge in [0.1, 0.15) is 5.60 Å². The lowest BCUT2D eigenvalue weighted by Gasteiger charge is -2.25. The van der Waals surface area contributed by atoms with Crippen LogP contribution in [0, 0.1) is 5.92 Å². The molecule has 6 nitrogen and oxygen atoms in total. The van der Waals surface area contributed by atoms with E-state index in [2.05, 4.69) is 5.10 Å². The van der Waals surface area contributed by atoms with E-state index in [1.807, 2.05) is 27.8 Å². The maximum atomic E-state index is 12.1. The average molecular weight is 315 g/mol. The predicted molar refractivity (Wildman–Crippen MR) is 81.1 cm³/mol. The molecule has 2 N–H and O–H groups in total. The van der Waals surface area contributed by atoms with Gasteiger partial charge in [-0.2, -0.15) is 5.10 Å². The molecule has 2 rings (SSSR count). The van der Waals surface area contributed by atoms with Crippen LogP contribution in [0.2, 0.25) is 5.02 Å². The Morgan fingerprint density at radius 1 is 1.57 bits per heavy atom. The first-order chi connectivity index (χ1) is 9.69. The first-order valence-electron chi connectivity index (χ1n) is 7.10. The standard InChI is InChI=1S/C14H23ClN4O2/c1-14(2,3)21-13(20)19-6-5-9(8-19)11(16)12-10(15)7-17-18(12)4/h7,9,11H,5-6,8,16H2,1-4H3. The van der Waals surface area contributed by atoms with Crippen molar-refractivity contribution in [1.29, 1.82) is 0 Å². The molecule has 21 heavy (non-hydrogen) atoms. The van der Waals surface area contributed by atoms with Crippen LogP contribution in [0.4, 0.5) is 4.79 Å². The largest absolute Gasteiger partial charge is 0.444 e. The van der Waals surface area contributed by atoms with Crippen molar-refractivity contribution in [3.63, 3.8) is 0 Å². The summed E-state index contributed by atoms with van der Waals surface area (Å²) in [7, 11) is 1.82. The maximum absolute atomic E-state index is 12.1. The highest BCUT2D eigenvalue weighted by atomic mass is 35.5. The van der Waals surface area contributed by atoms with Gasteiger partial charge in [-0.15, -0.1) is 0 Å². The van der Waals surface area contributed by atoms with Crippen molar-refractivity contribution in [3.8, 4) is 0 Å². The molecule has 1 aliphatic heterocycles. The molecule has 1 aliphatic rings. The molecular weight excluding hydrogens is 292 g/mol. The maximum Gasteiger partial charge on any atom is 0.410 e. The molecule has 0 saturated carbocycles. The van der Waals surface area contributed by atoms with Crippen LogP contribution in [0.5, 0.6) is 0 Å². The van der Waals surface area contributed by atoms with E-state index in [4.69, 9.17) is 22.1 Å². The number of amides is 1. The number of aromatic nitrogens is 2. The second-order valence-corrected chi connectivity index (χ2v) is 6.91. The van der Waals surface area contributed by atoms with Gasteiger partial charge in [0.15, 0.2) is 0 Å². The molecule has 0 aromatic carbocycles. The van der Waals surface area contributed by atoms with Gasteiger partial charge in [-0.05, 0) is 33.1 Å². The van der Waals surface area contributed by atoms with Crippen LogP contribution in [-0.4, -0.2) is 39.5 Å². The molecule has 1 fully saturated rings. The minimum absolute atomic E-state index is 0.158. The van der Waals surface area contributed by atoms with Crippen molar-refractivity contribution in [2.75, 3.05) is 13.1 Å². The molecule has 0 radical (unpaired) electrons. The molecule has 7 heteroatoms. The third-order valence-corrected chi connectivity index (χ3v) is 3.93. The fourth-order valence-electron chi connectivity index (χ4n) is 2.59. The molecular formula is C14H23ClN4O2. The van der Waals surface area contributed by atoms with Crippen LogP contribution in [0.25, 0.3) is 0 Å². The van der Waals surface area contributed by atoms with E-state index < -0.39 is 5.60 Å². The molecule has 2 unspecified atom stereocenters. The van der Waals surface area contributed by atoms with Crippen LogP contribution in [-0.2, 0) is 11.8 Å². The summed E-state index contributed by atoms with van der Waals surface area (Å²) >= 11 is 6.14. The van der Waals surface area contributed by atoms with Crippen molar-refractivity contribution in [2.45, 2.75) is 38.8 Å². The Balaban J connectivity index is 2.01. The highest BCUT2D eigenvalue weighted by Crippen LogP contribution is 2.32. The van der Waals surface area contributed by atoms with E-state index >= 15 is 0 Å². The molecule has 0 bridgehead atoms. The Bertz CT molecular complexity index is 504. The smallest absolute Gasteiger partial charge is 0.410 e. The molecule has 118 valence electrons. The lowest BCUT2D eigenvalue weighted by molar-refractivity contribution is 0.0286. The van der Waals surface area contributed by atoms with E-state index in [1.54, 1.807) is 15.8 Å². The van der Waals surface area contributed by atoms with Gasteiger partial charge in [0, 0.05) is 20.1 Å². The number of aryl methyl sites for hydroxylation is 1. The minimum atomic E-state index is -0.483. The summed E-state index contributed by atoms with van der Waals surface area (Å²) in [5.74, 6) is 0.158. The fraction of sp³-hybridized carbons (Fsp3) is 0.714. The monoisotopic (exact) mass is 314 g/mol. The molecule has 1 aromatic heterocycles. The van der Waals surface area contributed by atoms with Gasteiger partial charge >= 0.3 is 6.09 Å². The Labute approximate surface area is 130 Å². The molecule has 2 atom stereocenters. The Morgan fingerprint density at radius 3 is 2.76 bits per heavy atom. The van der Waals surface area contributed by atoms with Crippen molar-refractivity contribution in [3.05, 3.63) is 16.9 Å². The highest BCUT2D eigenvalue weighted by Gasteiger charge is 2.34. The lowest BCUT2D eigenvalue weighted by Crippen LogP contribution is -2.36. The van der Waals surface area contributed by atoms with Crippen molar-refractivity contribution in [2.24, 2.45) is 18.7 Å². The average Bonchev–Trinajstić information content (AvgIpc) is 2.94. The number of carbonyl (C=O) groups excluding carboxylic acids is 1. The summed E-state index contributed by atoms with van der Waals surface area (Å²) < 4.78 is 7.09. The number of ether oxygens (including phenoxy) is 1. The van der Waals surface area contributed by atoms with Gasteiger partial charge in [0.2, 0.25) is 0 Å². The van der Waals surface area contributed by atoms with Crippen molar-refractivity contribution >= 4 is 17.7 Å². The summed E-state index contributed by atoms with van der Waals surface area (Å²) in [5, 5.41) is 4.68. The van der Waals surface area contributed by atoms with Crippen molar-refractivity contribution < 1.29 is 9.53 Å². The number of rotatable bonds is 2. The van der Waals surface area contributed by atoms with Crippen LogP contribution in [0.15, 0.2) is 6.20 Å². The van der Waals surface area contributed by atoms with Gasteiger partial charge in [-0.25, -0.2) is 4.79 Å². The van der Waals surface area contributed by atoms with Crippen LogP contribution >= 0.6 is 11.6 Å². The van der Waals surface area contributed by atoms with E-state index in [0.29, 0.717) is 18.1 Å². The third kappa shape index (κ3) is 3.68. The lowest BCUT2D eigenvalue weighted by atomic mass is 9.97. The topological polar surface area (TPSA) is 73.4 Å². The quantitative estimate of drug-likeness (QED) is 0.909. The second kappa shape index (κ2) is 5.85. The molecule has 2 heterocycles. The van der Waals surface area contributed by atoms with Crippen LogP contribution in [0.1, 0.15) is 38.9 Å². The summed E-state index contributed by atoms with van der Waals surface area (Å²) in [5.41, 5.74) is 6.64. The van der Waals surface area contributed by atoms with Gasteiger partial charge in [0.25, 0.3) is 0 Å². The zero-order valence-corrected chi connectivity index (χ0v) is 13.7. The molecule has 0 aliphatic carbocycles. The summed E-state index contributed by atoms with van der Waals surface area (Å²) in [6.07, 6.45) is 2.15. The summed E-state index contributed by atoms with van der Waals surface area (Å²) in [6.45, 7) is 6.82. The number of nitrogens with two attached hydrogens (primary N) is 1. The summed E-state index contributed by atoms with van der Waals surface area (Å²) in [4.78, 5) is 13.8. The predicted octanol–water partition coefficient (Wildman–Crippen LogP) is 2.33. The zero-order chi connectivity index (χ0) is 15.8. The van der Waals surface area contributed by atoms with Crippen LogP contribution in [0.3, 0.4) is 0 Å². The van der Waals surface area contributed by atoms with E-state index in [9.17, 15) is 4.79 Å². The number of nitrogens with zero attached hydrogens (tertiary/aromatic N) is 3. The third-order valence-electron chi connectivity index (χ3n) is 3.64. The Morgan fingerprint density at radius 2 is 2.24 bits per heavy atom. The molecule has 1 saturated heterocycles. The fourth-order valence-corrected chi connectivity index (χ4v) is 2.88. The number of carbonyl (C=O) groups is 1. The number of hydrogen-bond acceptors (Lipinski definition) is 4. The number of halogens is 1. The second-order valence-electron chi connectivity index (χ2n) is 6.50. The SMILES string of the molecule is Cn1ncc(Cl)c1C(N)C1CCN(C(=O)OC(C)(C)C)C1. The van der Waals surface area contributed by atoms with Gasteiger partial charge in [0.05, 0.1) is 23.0 Å². The Kier molecular flexibility index (Phi) is 4.49. The molecule has 1 amide bonds. The summed E-state index contributed by atoms with van der Waals surface area (Å²) in [6, 6.07) is -0.238. The van der Waals surface area contributed by atoms with E-state index in [1.165, 1.54) is 0 Å². The zero-order valence-electron chi connectivity index (χ0n) is 13.0. The minimum Gasteiger partial charge on any atom is -0.444 e. The first-order valence-corrected chi connectivity index (χ1v) is 7.47. The van der Waals surface area contributed by atoms with Crippen molar-refractivity contribution in [1.82, 2.24) is 14.7 Å². The normalized spacial score (nSPS) is 20.7. The van der Waals surface area contributed by atoms with Gasteiger partial charge in [-0.3, -0.25) is 4.68 Å². The van der Waals surface area contributed by atoms with E-state index in [-0.39, 0.29) is 18.1 Å². The van der Waals surface area contributed by atoms with Gasteiger partial charge in [-0.1, -0.05) is 11.6 Å². The number of hydrogen-bond donors (Lipinski definition) is 1. The van der Waals surface area contributed by atoms with E-state index in [0.717, 1.165) is 12.1 Å². The molecule has 0 spiro atoms. The Hall–Kier alpha value is -1.27. The number of likely N-dealkylation sites (tertiary alicyclic amines) is 1. The van der Waals surface area contributed by atoms with Crippen LogP contribution < -0.4 is 5.73 Å².